The molecular weight excluding hydrogens is 238 g/mol. The maximum atomic E-state index is 11.2. The number of primary amides is 1. The van der Waals surface area contributed by atoms with Gasteiger partial charge in [0.05, 0.1) is 5.54 Å². The Morgan fingerprint density at radius 3 is 2.74 bits per heavy atom. The Bertz CT molecular complexity index is 575. The van der Waals surface area contributed by atoms with Gasteiger partial charge in [-0.1, -0.05) is 30.9 Å². The van der Waals surface area contributed by atoms with Crippen LogP contribution in [0.1, 0.15) is 12.0 Å². The maximum absolute atomic E-state index is 11.2. The molecule has 0 aromatic heterocycles. The van der Waals surface area contributed by atoms with Crippen LogP contribution in [0.2, 0.25) is 0 Å². The van der Waals surface area contributed by atoms with Gasteiger partial charge < -0.3 is 16.8 Å². The van der Waals surface area contributed by atoms with Gasteiger partial charge in [-0.3, -0.25) is 4.79 Å². The number of nitrogen functional groups attached to an aromatic ring is 1. The number of carbonyl (C=O) groups excluding carboxylic acids is 1. The minimum Gasteiger partial charge on any atom is -0.399 e. The van der Waals surface area contributed by atoms with E-state index in [0.717, 1.165) is 5.56 Å². The average molecular weight is 255 g/mol. The van der Waals surface area contributed by atoms with Crippen LogP contribution in [0.4, 0.5) is 5.69 Å². The number of amides is 1. The molecule has 0 spiro atoms. The number of allylic oxidation sites excluding steroid dienone is 2. The molecule has 19 heavy (non-hydrogen) atoms. The Morgan fingerprint density at radius 2 is 2.16 bits per heavy atom. The smallest absolute Gasteiger partial charge is 0.244 e. The average Bonchev–Trinajstić information content (AvgIpc) is 2.39. The van der Waals surface area contributed by atoms with E-state index in [0.29, 0.717) is 17.7 Å². The molecule has 5 N–H and O–H groups in total. The number of nitrogens with two attached hydrogens (primary N) is 2. The lowest BCUT2D eigenvalue weighted by Gasteiger charge is -2.34. The lowest BCUT2D eigenvalue weighted by molar-refractivity contribution is -0.114. The zero-order valence-corrected chi connectivity index (χ0v) is 10.6. The van der Waals surface area contributed by atoms with Gasteiger partial charge in [-0.25, -0.2) is 0 Å². The lowest BCUT2D eigenvalue weighted by atomic mass is 9.82. The fourth-order valence-electron chi connectivity index (χ4n) is 2.15. The highest BCUT2D eigenvalue weighted by Gasteiger charge is 2.31. The molecule has 0 aliphatic carbocycles. The number of carbonyl (C=O) groups is 1. The summed E-state index contributed by atoms with van der Waals surface area (Å²) in [6.07, 6.45) is 8.02. The number of dihydropyridines is 1. The van der Waals surface area contributed by atoms with Crippen LogP contribution >= 0.6 is 0 Å². The summed E-state index contributed by atoms with van der Waals surface area (Å²) in [7, 11) is 0. The fourth-order valence-corrected chi connectivity index (χ4v) is 2.15. The van der Waals surface area contributed by atoms with Crippen LogP contribution in [0.3, 0.4) is 0 Å². The molecule has 2 rings (SSSR count). The van der Waals surface area contributed by atoms with Gasteiger partial charge in [-0.05, 0) is 30.0 Å². The summed E-state index contributed by atoms with van der Waals surface area (Å²) in [5, 5.41) is 3.27. The van der Waals surface area contributed by atoms with Crippen LogP contribution in [-0.2, 0) is 10.3 Å². The van der Waals surface area contributed by atoms with Gasteiger partial charge in [0.15, 0.2) is 0 Å². The molecule has 1 aromatic carbocycles. The number of benzene rings is 1. The van der Waals surface area contributed by atoms with Crippen LogP contribution in [0.5, 0.6) is 0 Å². The molecule has 0 fully saturated rings. The van der Waals surface area contributed by atoms with Gasteiger partial charge in [0, 0.05) is 17.7 Å². The van der Waals surface area contributed by atoms with E-state index >= 15 is 0 Å². The minimum absolute atomic E-state index is 0.370. The summed E-state index contributed by atoms with van der Waals surface area (Å²) in [5.74, 6) is -0.493. The standard InChI is InChI=1S/C15H17N3O/c1-11(14(17)19)10-15(7-2-3-8-18-15)12-5-4-6-13(16)9-12/h2-9,18H,1,10,16H2,(H2,17,19). The first-order valence-electron chi connectivity index (χ1n) is 5.99. The molecule has 1 unspecified atom stereocenters. The lowest BCUT2D eigenvalue weighted by Crippen LogP contribution is -2.40. The van der Waals surface area contributed by atoms with Crippen molar-refractivity contribution >= 4 is 11.6 Å². The predicted molar refractivity (Wildman–Crippen MR) is 76.9 cm³/mol. The van der Waals surface area contributed by atoms with Crippen molar-refractivity contribution in [1.29, 1.82) is 0 Å². The molecule has 1 aliphatic rings. The van der Waals surface area contributed by atoms with Crippen LogP contribution < -0.4 is 16.8 Å². The van der Waals surface area contributed by atoms with E-state index in [2.05, 4.69) is 11.9 Å². The second-order valence-electron chi connectivity index (χ2n) is 4.60. The Hall–Kier alpha value is -2.49. The molecule has 98 valence electrons. The van der Waals surface area contributed by atoms with E-state index in [4.69, 9.17) is 11.5 Å². The fraction of sp³-hybridized carbons (Fsp3) is 0.133. The summed E-state index contributed by atoms with van der Waals surface area (Å²) >= 11 is 0. The van der Waals surface area contributed by atoms with E-state index in [1.54, 1.807) is 0 Å². The van der Waals surface area contributed by atoms with Crippen molar-refractivity contribution in [2.45, 2.75) is 12.0 Å². The molecule has 0 bridgehead atoms. The first-order valence-corrected chi connectivity index (χ1v) is 5.99. The second kappa shape index (κ2) is 5.02. The SMILES string of the molecule is C=C(CC1(c2cccc(N)c2)C=CC=CN1)C(N)=O. The summed E-state index contributed by atoms with van der Waals surface area (Å²) in [6.45, 7) is 3.74. The molecule has 1 aliphatic heterocycles. The Labute approximate surface area is 112 Å². The van der Waals surface area contributed by atoms with E-state index in [1.165, 1.54) is 0 Å². The Balaban J connectivity index is 2.41. The highest BCUT2D eigenvalue weighted by atomic mass is 16.1. The van der Waals surface area contributed by atoms with E-state index in [9.17, 15) is 4.79 Å². The molecule has 1 heterocycles. The summed E-state index contributed by atoms with van der Waals surface area (Å²) in [5.41, 5.74) is 12.6. The number of rotatable bonds is 4. The van der Waals surface area contributed by atoms with Crippen LogP contribution in [-0.4, -0.2) is 5.91 Å². The van der Waals surface area contributed by atoms with E-state index < -0.39 is 11.4 Å². The zero-order valence-electron chi connectivity index (χ0n) is 10.6. The second-order valence-corrected chi connectivity index (χ2v) is 4.60. The third kappa shape index (κ3) is 2.68. The number of hydrogen-bond donors (Lipinski definition) is 3. The molecule has 4 nitrogen and oxygen atoms in total. The molecule has 0 saturated heterocycles. The first-order chi connectivity index (χ1) is 9.03. The molecule has 0 saturated carbocycles. The summed E-state index contributed by atoms with van der Waals surface area (Å²) < 4.78 is 0. The van der Waals surface area contributed by atoms with Crippen molar-refractivity contribution in [2.24, 2.45) is 5.73 Å². The van der Waals surface area contributed by atoms with Gasteiger partial charge in [-0.2, -0.15) is 0 Å². The number of hydrogen-bond acceptors (Lipinski definition) is 3. The van der Waals surface area contributed by atoms with Gasteiger partial charge >= 0.3 is 0 Å². The van der Waals surface area contributed by atoms with Crippen LogP contribution in [0.15, 0.2) is 60.8 Å². The van der Waals surface area contributed by atoms with Crippen molar-refractivity contribution in [3.05, 3.63) is 66.4 Å². The van der Waals surface area contributed by atoms with Gasteiger partial charge in [0.2, 0.25) is 5.91 Å². The Kier molecular flexibility index (Phi) is 3.42. The highest BCUT2D eigenvalue weighted by Crippen LogP contribution is 2.32. The number of anilines is 1. The quantitative estimate of drug-likeness (QED) is 0.564. The molecule has 4 heteroatoms. The topological polar surface area (TPSA) is 81.1 Å². The van der Waals surface area contributed by atoms with Crippen molar-refractivity contribution in [3.8, 4) is 0 Å². The highest BCUT2D eigenvalue weighted by molar-refractivity contribution is 5.91. The van der Waals surface area contributed by atoms with Gasteiger partial charge in [0.1, 0.15) is 0 Å². The van der Waals surface area contributed by atoms with Crippen molar-refractivity contribution in [2.75, 3.05) is 5.73 Å². The molecule has 1 atom stereocenters. The van der Waals surface area contributed by atoms with Crippen molar-refractivity contribution in [1.82, 2.24) is 5.32 Å². The molecule has 1 amide bonds. The summed E-state index contributed by atoms with van der Waals surface area (Å²) in [6, 6.07) is 7.54. The summed E-state index contributed by atoms with van der Waals surface area (Å²) in [4.78, 5) is 11.2. The predicted octanol–water partition coefficient (Wildman–Crippen LogP) is 1.57. The first kappa shape index (κ1) is 13.0. The van der Waals surface area contributed by atoms with E-state index in [1.807, 2.05) is 48.7 Å². The monoisotopic (exact) mass is 255 g/mol. The largest absolute Gasteiger partial charge is 0.399 e. The third-order valence-corrected chi connectivity index (χ3v) is 3.17. The van der Waals surface area contributed by atoms with Crippen molar-refractivity contribution < 1.29 is 4.79 Å². The normalized spacial score (nSPS) is 20.8. The molecular formula is C15H17N3O. The Morgan fingerprint density at radius 1 is 1.37 bits per heavy atom. The minimum atomic E-state index is -0.532. The zero-order chi connectivity index (χ0) is 13.9. The maximum Gasteiger partial charge on any atom is 0.244 e. The van der Waals surface area contributed by atoms with Gasteiger partial charge in [0.25, 0.3) is 0 Å². The third-order valence-electron chi connectivity index (χ3n) is 3.17. The molecule has 0 radical (unpaired) electrons. The van der Waals surface area contributed by atoms with Crippen LogP contribution in [0.25, 0.3) is 0 Å². The van der Waals surface area contributed by atoms with Crippen LogP contribution in [0, 0.1) is 0 Å². The van der Waals surface area contributed by atoms with Crippen molar-refractivity contribution in [3.63, 3.8) is 0 Å². The van der Waals surface area contributed by atoms with E-state index in [-0.39, 0.29) is 0 Å². The van der Waals surface area contributed by atoms with Gasteiger partial charge in [-0.15, -0.1) is 0 Å². The number of nitrogens with one attached hydrogen (secondary N) is 1. The molecule has 1 aromatic rings.